The fraction of sp³-hybridized carbons (Fsp3) is 0.0741. The van der Waals surface area contributed by atoms with Crippen molar-refractivity contribution < 1.29 is 5.11 Å². The summed E-state index contributed by atoms with van der Waals surface area (Å²) in [5.41, 5.74) is 3.33. The molecule has 0 spiro atoms. The van der Waals surface area contributed by atoms with Gasteiger partial charge in [-0.15, -0.1) is 11.3 Å². The van der Waals surface area contributed by atoms with Gasteiger partial charge in [0.25, 0.3) is 0 Å². The van der Waals surface area contributed by atoms with Crippen LogP contribution < -0.4 is 0 Å². The molecule has 0 saturated carbocycles. The molecular weight excluding hydrogens is 480 g/mol. The standard InChI is InChI=1S/C27H21BrN2OS/c28-23-16-17-32-26(23)25(31)24-18-30(19-29-24)27(20-10-4-1-5-11-20,21-12-6-2-7-13-21)22-14-8-3-9-15-22/h1-19,25,31H. The fourth-order valence-electron chi connectivity index (χ4n) is 4.28. The third-order valence-electron chi connectivity index (χ3n) is 5.74. The minimum Gasteiger partial charge on any atom is -0.381 e. The number of benzene rings is 3. The second kappa shape index (κ2) is 8.87. The fourth-order valence-corrected chi connectivity index (χ4v) is 5.87. The summed E-state index contributed by atoms with van der Waals surface area (Å²) in [6.45, 7) is 0. The molecule has 2 heterocycles. The van der Waals surface area contributed by atoms with E-state index < -0.39 is 11.6 Å². The van der Waals surface area contributed by atoms with Crippen LogP contribution in [0.15, 0.2) is 119 Å². The molecule has 5 heteroatoms. The van der Waals surface area contributed by atoms with Crippen LogP contribution in [-0.4, -0.2) is 14.7 Å². The van der Waals surface area contributed by atoms with Crippen molar-refractivity contribution >= 4 is 27.3 Å². The van der Waals surface area contributed by atoms with Gasteiger partial charge in [0.2, 0.25) is 0 Å². The van der Waals surface area contributed by atoms with E-state index in [9.17, 15) is 5.11 Å². The lowest BCUT2D eigenvalue weighted by Crippen LogP contribution is -2.37. The highest BCUT2D eigenvalue weighted by Crippen LogP contribution is 2.41. The molecule has 0 aliphatic rings. The van der Waals surface area contributed by atoms with Crippen molar-refractivity contribution in [1.29, 1.82) is 0 Å². The lowest BCUT2D eigenvalue weighted by molar-refractivity contribution is 0.219. The first kappa shape index (κ1) is 20.9. The van der Waals surface area contributed by atoms with E-state index in [0.29, 0.717) is 5.69 Å². The van der Waals surface area contributed by atoms with Gasteiger partial charge in [-0.25, -0.2) is 4.98 Å². The number of aliphatic hydroxyl groups is 1. The lowest BCUT2D eigenvalue weighted by atomic mass is 9.77. The second-order valence-corrected chi connectivity index (χ2v) is 9.35. The zero-order valence-corrected chi connectivity index (χ0v) is 19.6. The molecule has 0 amide bonds. The van der Waals surface area contributed by atoms with Crippen molar-refractivity contribution in [3.8, 4) is 0 Å². The number of hydrogen-bond donors (Lipinski definition) is 1. The Kier molecular flexibility index (Phi) is 5.79. The molecule has 1 unspecified atom stereocenters. The zero-order valence-electron chi connectivity index (χ0n) is 17.2. The van der Waals surface area contributed by atoms with Crippen LogP contribution in [0.3, 0.4) is 0 Å². The van der Waals surface area contributed by atoms with Crippen LogP contribution in [0.2, 0.25) is 0 Å². The van der Waals surface area contributed by atoms with E-state index in [1.807, 2.05) is 42.2 Å². The number of nitrogens with zero attached hydrogens (tertiary/aromatic N) is 2. The molecular formula is C27H21BrN2OS. The van der Waals surface area contributed by atoms with Crippen molar-refractivity contribution in [2.45, 2.75) is 11.6 Å². The maximum atomic E-state index is 11.1. The van der Waals surface area contributed by atoms with E-state index in [-0.39, 0.29) is 0 Å². The topological polar surface area (TPSA) is 38.0 Å². The highest BCUT2D eigenvalue weighted by molar-refractivity contribution is 9.10. The largest absolute Gasteiger partial charge is 0.381 e. The summed E-state index contributed by atoms with van der Waals surface area (Å²) in [6, 6.07) is 33.3. The van der Waals surface area contributed by atoms with Crippen LogP contribution in [0.25, 0.3) is 0 Å². The van der Waals surface area contributed by atoms with E-state index in [0.717, 1.165) is 26.0 Å². The lowest BCUT2D eigenvalue weighted by Gasteiger charge is -2.37. The number of aromatic nitrogens is 2. The van der Waals surface area contributed by atoms with Crippen LogP contribution in [-0.2, 0) is 5.54 Å². The van der Waals surface area contributed by atoms with E-state index in [1.165, 1.54) is 11.3 Å². The molecule has 1 atom stereocenters. The maximum Gasteiger partial charge on any atom is 0.133 e. The maximum absolute atomic E-state index is 11.1. The number of rotatable bonds is 6. The number of halogens is 1. The van der Waals surface area contributed by atoms with Crippen molar-refractivity contribution in [3.05, 3.63) is 147 Å². The monoisotopic (exact) mass is 500 g/mol. The van der Waals surface area contributed by atoms with Gasteiger partial charge in [-0.2, -0.15) is 0 Å². The molecule has 0 bridgehead atoms. The van der Waals surface area contributed by atoms with Gasteiger partial charge in [0.1, 0.15) is 11.6 Å². The molecule has 3 nitrogen and oxygen atoms in total. The van der Waals surface area contributed by atoms with Gasteiger partial charge < -0.3 is 9.67 Å². The van der Waals surface area contributed by atoms with E-state index >= 15 is 0 Å². The van der Waals surface area contributed by atoms with Gasteiger partial charge in [-0.1, -0.05) is 91.0 Å². The molecule has 3 aromatic carbocycles. The summed E-state index contributed by atoms with van der Waals surface area (Å²) in [5.74, 6) is 0. The number of aliphatic hydroxyl groups excluding tert-OH is 1. The molecule has 1 N–H and O–H groups in total. The first-order valence-corrected chi connectivity index (χ1v) is 12.0. The van der Waals surface area contributed by atoms with Crippen LogP contribution in [0.5, 0.6) is 0 Å². The van der Waals surface area contributed by atoms with Crippen LogP contribution in [0.1, 0.15) is 33.4 Å². The molecule has 158 valence electrons. The number of thiophene rings is 1. The van der Waals surface area contributed by atoms with Crippen molar-refractivity contribution in [3.63, 3.8) is 0 Å². The van der Waals surface area contributed by atoms with Gasteiger partial charge >= 0.3 is 0 Å². The summed E-state index contributed by atoms with van der Waals surface area (Å²) >= 11 is 5.05. The Morgan fingerprint density at radius 2 is 1.28 bits per heavy atom. The highest BCUT2D eigenvalue weighted by atomic mass is 79.9. The Balaban J connectivity index is 1.76. The van der Waals surface area contributed by atoms with Gasteiger partial charge in [0.05, 0.1) is 16.9 Å². The Bertz CT molecular complexity index is 1200. The Morgan fingerprint density at radius 3 is 1.72 bits per heavy atom. The summed E-state index contributed by atoms with van der Waals surface area (Å²) in [5, 5.41) is 13.0. The number of hydrogen-bond acceptors (Lipinski definition) is 3. The Morgan fingerprint density at radius 1 is 0.781 bits per heavy atom. The van der Waals surface area contributed by atoms with E-state index in [1.54, 1.807) is 0 Å². The first-order valence-electron chi connectivity index (χ1n) is 10.3. The third-order valence-corrected chi connectivity index (χ3v) is 7.66. The predicted molar refractivity (Wildman–Crippen MR) is 133 cm³/mol. The average molecular weight is 501 g/mol. The predicted octanol–water partition coefficient (Wildman–Crippen LogP) is 6.63. The third kappa shape index (κ3) is 3.52. The van der Waals surface area contributed by atoms with Gasteiger partial charge in [0, 0.05) is 10.7 Å². The van der Waals surface area contributed by atoms with E-state index in [2.05, 4.69) is 98.3 Å². The van der Waals surface area contributed by atoms with E-state index in [4.69, 9.17) is 0 Å². The number of imidazole rings is 1. The minimum absolute atomic E-state index is 0.611. The molecule has 5 rings (SSSR count). The molecule has 0 radical (unpaired) electrons. The summed E-state index contributed by atoms with van der Waals surface area (Å²) in [7, 11) is 0. The zero-order chi connectivity index (χ0) is 22.0. The Hall–Kier alpha value is -2.99. The van der Waals surface area contributed by atoms with Gasteiger partial charge in [-0.05, 0) is 44.1 Å². The molecule has 5 aromatic rings. The minimum atomic E-state index is -0.800. The summed E-state index contributed by atoms with van der Waals surface area (Å²) in [4.78, 5) is 5.50. The van der Waals surface area contributed by atoms with Crippen LogP contribution in [0.4, 0.5) is 0 Å². The van der Waals surface area contributed by atoms with Crippen molar-refractivity contribution in [2.24, 2.45) is 0 Å². The Labute approximate surface area is 199 Å². The first-order chi connectivity index (χ1) is 15.7. The summed E-state index contributed by atoms with van der Waals surface area (Å²) in [6.07, 6.45) is 2.99. The normalized spacial score (nSPS) is 12.6. The molecule has 32 heavy (non-hydrogen) atoms. The van der Waals surface area contributed by atoms with Crippen molar-refractivity contribution in [2.75, 3.05) is 0 Å². The van der Waals surface area contributed by atoms with Crippen LogP contribution in [0, 0.1) is 0 Å². The van der Waals surface area contributed by atoms with Crippen LogP contribution >= 0.6 is 27.3 Å². The molecule has 0 aliphatic heterocycles. The molecule has 0 fully saturated rings. The molecule has 0 aliphatic carbocycles. The average Bonchev–Trinajstić information content (AvgIpc) is 3.51. The van der Waals surface area contributed by atoms with Gasteiger partial charge in [0.15, 0.2) is 0 Å². The highest BCUT2D eigenvalue weighted by Gasteiger charge is 2.38. The second-order valence-electron chi connectivity index (χ2n) is 7.55. The summed E-state index contributed by atoms with van der Waals surface area (Å²) < 4.78 is 3.01. The van der Waals surface area contributed by atoms with Gasteiger partial charge in [-0.3, -0.25) is 0 Å². The smallest absolute Gasteiger partial charge is 0.133 e. The molecule has 2 aromatic heterocycles. The molecule has 0 saturated heterocycles. The SMILES string of the molecule is OC(c1cn(C(c2ccccc2)(c2ccccc2)c2ccccc2)cn1)c1sccc1Br. The van der Waals surface area contributed by atoms with Crippen molar-refractivity contribution in [1.82, 2.24) is 9.55 Å². The quantitative estimate of drug-likeness (QED) is 0.265.